The highest BCUT2D eigenvalue weighted by Gasteiger charge is 2.21. The third-order valence-corrected chi connectivity index (χ3v) is 3.87. The van der Waals surface area contributed by atoms with Crippen molar-refractivity contribution in [1.29, 1.82) is 0 Å². The fourth-order valence-electron chi connectivity index (χ4n) is 2.57. The third-order valence-electron chi connectivity index (χ3n) is 3.87. The highest BCUT2D eigenvalue weighted by molar-refractivity contribution is 5.30. The molecule has 1 aromatic heterocycles. The van der Waals surface area contributed by atoms with E-state index in [1.807, 2.05) is 12.4 Å². The molecule has 2 aliphatic carbocycles. The number of aromatic nitrogens is 1. The molecule has 3 rings (SSSR count). The molecular weight excluding hydrogens is 224 g/mol. The van der Waals surface area contributed by atoms with Crippen molar-refractivity contribution in [2.24, 2.45) is 0 Å². The number of hydrogen-bond acceptors (Lipinski definition) is 3. The van der Waals surface area contributed by atoms with Crippen molar-refractivity contribution in [2.45, 2.75) is 63.6 Å². The Hall–Kier alpha value is -1.09. The number of nitrogens with zero attached hydrogens (tertiary/aromatic N) is 1. The van der Waals surface area contributed by atoms with E-state index in [0.29, 0.717) is 6.10 Å². The van der Waals surface area contributed by atoms with E-state index in [9.17, 15) is 0 Å². The summed E-state index contributed by atoms with van der Waals surface area (Å²) in [6, 6.07) is 2.81. The van der Waals surface area contributed by atoms with Crippen LogP contribution in [0.1, 0.15) is 50.5 Å². The average Bonchev–Trinajstić information content (AvgIpc) is 3.23. The molecular formula is C15H22N2O. The molecule has 1 aromatic rings. The SMILES string of the molecule is c1cc(CNC2CC2)c(OC2CCCCC2)cn1. The Morgan fingerprint density at radius 1 is 1.17 bits per heavy atom. The van der Waals surface area contributed by atoms with Gasteiger partial charge < -0.3 is 10.1 Å². The Balaban J connectivity index is 1.61. The summed E-state index contributed by atoms with van der Waals surface area (Å²) >= 11 is 0. The molecule has 0 atom stereocenters. The van der Waals surface area contributed by atoms with Gasteiger partial charge in [-0.15, -0.1) is 0 Å². The summed E-state index contributed by atoms with van der Waals surface area (Å²) in [4.78, 5) is 4.20. The van der Waals surface area contributed by atoms with E-state index in [1.165, 1.54) is 50.5 Å². The molecule has 3 nitrogen and oxygen atoms in total. The van der Waals surface area contributed by atoms with E-state index < -0.39 is 0 Å². The van der Waals surface area contributed by atoms with Gasteiger partial charge in [0.25, 0.3) is 0 Å². The van der Waals surface area contributed by atoms with Crippen LogP contribution in [0.15, 0.2) is 18.5 Å². The molecule has 0 bridgehead atoms. The van der Waals surface area contributed by atoms with Crippen LogP contribution in [0.25, 0.3) is 0 Å². The van der Waals surface area contributed by atoms with Gasteiger partial charge in [-0.2, -0.15) is 0 Å². The van der Waals surface area contributed by atoms with Crippen molar-refractivity contribution in [3.8, 4) is 5.75 Å². The largest absolute Gasteiger partial charge is 0.488 e. The lowest BCUT2D eigenvalue weighted by Gasteiger charge is -2.24. The molecule has 2 aliphatic rings. The van der Waals surface area contributed by atoms with Gasteiger partial charge in [0.1, 0.15) is 5.75 Å². The van der Waals surface area contributed by atoms with E-state index in [-0.39, 0.29) is 0 Å². The zero-order chi connectivity index (χ0) is 12.2. The Kier molecular flexibility index (Phi) is 3.79. The molecule has 0 spiro atoms. The minimum absolute atomic E-state index is 0.405. The van der Waals surface area contributed by atoms with Crippen LogP contribution in [0.4, 0.5) is 0 Å². The summed E-state index contributed by atoms with van der Waals surface area (Å²) < 4.78 is 6.14. The van der Waals surface area contributed by atoms with Crippen molar-refractivity contribution in [1.82, 2.24) is 10.3 Å². The predicted octanol–water partition coefficient (Wildman–Crippen LogP) is 3.05. The van der Waals surface area contributed by atoms with Crippen LogP contribution in [0.2, 0.25) is 0 Å². The molecule has 0 saturated heterocycles. The topological polar surface area (TPSA) is 34.1 Å². The van der Waals surface area contributed by atoms with E-state index in [2.05, 4.69) is 16.4 Å². The maximum Gasteiger partial charge on any atom is 0.142 e. The van der Waals surface area contributed by atoms with Crippen molar-refractivity contribution >= 4 is 0 Å². The molecule has 0 aliphatic heterocycles. The first kappa shape index (κ1) is 12.0. The molecule has 3 heteroatoms. The number of pyridine rings is 1. The van der Waals surface area contributed by atoms with Gasteiger partial charge in [0.05, 0.1) is 12.3 Å². The second-order valence-corrected chi connectivity index (χ2v) is 5.52. The summed E-state index contributed by atoms with van der Waals surface area (Å²) in [6.07, 6.45) is 13.2. The molecule has 2 fully saturated rings. The molecule has 0 amide bonds. The molecule has 98 valence electrons. The maximum absolute atomic E-state index is 6.14. The smallest absolute Gasteiger partial charge is 0.142 e. The van der Waals surface area contributed by atoms with Gasteiger partial charge in [0.15, 0.2) is 0 Å². The highest BCUT2D eigenvalue weighted by atomic mass is 16.5. The monoisotopic (exact) mass is 246 g/mol. The third kappa shape index (κ3) is 3.22. The summed E-state index contributed by atoms with van der Waals surface area (Å²) in [5.74, 6) is 0.984. The van der Waals surface area contributed by atoms with Crippen molar-refractivity contribution in [3.05, 3.63) is 24.0 Å². The van der Waals surface area contributed by atoms with E-state index in [0.717, 1.165) is 18.3 Å². The van der Waals surface area contributed by atoms with Crippen molar-refractivity contribution < 1.29 is 4.74 Å². The fraction of sp³-hybridized carbons (Fsp3) is 0.667. The second-order valence-electron chi connectivity index (χ2n) is 5.52. The molecule has 0 unspecified atom stereocenters. The fourth-order valence-corrected chi connectivity index (χ4v) is 2.57. The number of nitrogens with one attached hydrogen (secondary N) is 1. The van der Waals surface area contributed by atoms with Gasteiger partial charge in [-0.1, -0.05) is 6.42 Å². The first-order valence-corrected chi connectivity index (χ1v) is 7.25. The minimum atomic E-state index is 0.405. The van der Waals surface area contributed by atoms with E-state index >= 15 is 0 Å². The Bertz CT molecular complexity index is 384. The van der Waals surface area contributed by atoms with Crippen LogP contribution in [-0.4, -0.2) is 17.1 Å². The zero-order valence-electron chi connectivity index (χ0n) is 10.9. The van der Waals surface area contributed by atoms with Crippen molar-refractivity contribution in [3.63, 3.8) is 0 Å². The first-order chi connectivity index (χ1) is 8.92. The predicted molar refractivity (Wildman–Crippen MR) is 71.6 cm³/mol. The normalized spacial score (nSPS) is 20.9. The van der Waals surface area contributed by atoms with Gasteiger partial charge in [-0.25, -0.2) is 0 Å². The summed E-state index contributed by atoms with van der Waals surface area (Å²) in [6.45, 7) is 0.912. The maximum atomic E-state index is 6.14. The van der Waals surface area contributed by atoms with Crippen LogP contribution in [0, 0.1) is 0 Å². The van der Waals surface area contributed by atoms with Gasteiger partial charge >= 0.3 is 0 Å². The van der Waals surface area contributed by atoms with Gasteiger partial charge in [-0.3, -0.25) is 4.98 Å². The lowest BCUT2D eigenvalue weighted by atomic mass is 9.98. The molecule has 2 saturated carbocycles. The quantitative estimate of drug-likeness (QED) is 0.867. The van der Waals surface area contributed by atoms with E-state index in [1.54, 1.807) is 0 Å². The molecule has 0 aromatic carbocycles. The summed E-state index contributed by atoms with van der Waals surface area (Å²) in [7, 11) is 0. The first-order valence-electron chi connectivity index (χ1n) is 7.25. The van der Waals surface area contributed by atoms with Gasteiger partial charge in [0, 0.05) is 24.3 Å². The van der Waals surface area contributed by atoms with Gasteiger partial charge in [0.2, 0.25) is 0 Å². The Morgan fingerprint density at radius 2 is 2.00 bits per heavy atom. The molecule has 18 heavy (non-hydrogen) atoms. The van der Waals surface area contributed by atoms with Crippen LogP contribution >= 0.6 is 0 Å². The summed E-state index contributed by atoms with van der Waals surface area (Å²) in [5.41, 5.74) is 1.25. The van der Waals surface area contributed by atoms with Crippen molar-refractivity contribution in [2.75, 3.05) is 0 Å². The lowest BCUT2D eigenvalue weighted by molar-refractivity contribution is 0.152. The lowest BCUT2D eigenvalue weighted by Crippen LogP contribution is -2.22. The van der Waals surface area contributed by atoms with Crippen LogP contribution in [0.5, 0.6) is 5.75 Å². The number of rotatable bonds is 5. The highest BCUT2D eigenvalue weighted by Crippen LogP contribution is 2.26. The van der Waals surface area contributed by atoms with Gasteiger partial charge in [-0.05, 0) is 44.6 Å². The Morgan fingerprint density at radius 3 is 2.78 bits per heavy atom. The van der Waals surface area contributed by atoms with Crippen LogP contribution in [-0.2, 0) is 6.54 Å². The van der Waals surface area contributed by atoms with E-state index in [4.69, 9.17) is 4.74 Å². The minimum Gasteiger partial charge on any atom is -0.488 e. The average molecular weight is 246 g/mol. The Labute approximate surface area is 109 Å². The number of hydrogen-bond donors (Lipinski definition) is 1. The standard InChI is InChI=1S/C15H22N2O/c1-2-4-14(5-3-1)18-15-11-16-9-8-12(15)10-17-13-6-7-13/h8-9,11,13-14,17H,1-7,10H2. The number of ether oxygens (including phenoxy) is 1. The second kappa shape index (κ2) is 5.70. The summed E-state index contributed by atoms with van der Waals surface area (Å²) in [5, 5.41) is 3.54. The zero-order valence-corrected chi connectivity index (χ0v) is 10.9. The van der Waals surface area contributed by atoms with Crippen LogP contribution < -0.4 is 10.1 Å². The molecule has 1 heterocycles. The molecule has 1 N–H and O–H groups in total. The molecule has 0 radical (unpaired) electrons. The van der Waals surface area contributed by atoms with Crippen LogP contribution in [0.3, 0.4) is 0 Å².